The van der Waals surface area contributed by atoms with Crippen molar-refractivity contribution in [3.8, 4) is 0 Å². The molecule has 29 heavy (non-hydrogen) atoms. The van der Waals surface area contributed by atoms with E-state index in [1.165, 1.54) is 11.3 Å². The Morgan fingerprint density at radius 2 is 1.97 bits per heavy atom. The van der Waals surface area contributed by atoms with E-state index >= 15 is 0 Å². The molecule has 1 saturated carbocycles. The fourth-order valence-electron chi connectivity index (χ4n) is 3.18. The summed E-state index contributed by atoms with van der Waals surface area (Å²) in [6.45, 7) is 4.24. The van der Waals surface area contributed by atoms with Crippen molar-refractivity contribution in [2.75, 3.05) is 36.4 Å². The number of aromatic nitrogens is 2. The van der Waals surface area contributed by atoms with Crippen LogP contribution in [0.5, 0.6) is 0 Å². The van der Waals surface area contributed by atoms with Crippen molar-refractivity contribution < 1.29 is 9.59 Å². The highest BCUT2D eigenvalue weighted by atomic mass is 35.5. The van der Waals surface area contributed by atoms with Crippen LogP contribution in [-0.4, -0.2) is 59.3 Å². The minimum Gasteiger partial charge on any atom is -0.368 e. The van der Waals surface area contributed by atoms with Crippen LogP contribution in [0.15, 0.2) is 24.3 Å². The average Bonchev–Trinajstić information content (AvgIpc) is 3.47. The summed E-state index contributed by atoms with van der Waals surface area (Å²) in [7, 11) is 0. The van der Waals surface area contributed by atoms with Gasteiger partial charge in [-0.15, -0.1) is 10.2 Å². The Bertz CT molecular complexity index is 894. The number of carbonyl (C=O) groups excluding carboxylic acids is 2. The van der Waals surface area contributed by atoms with Crippen molar-refractivity contribution in [1.29, 1.82) is 0 Å². The number of halogens is 1. The van der Waals surface area contributed by atoms with Crippen LogP contribution >= 0.6 is 22.9 Å². The molecule has 2 fully saturated rings. The molecule has 3 amide bonds. The van der Waals surface area contributed by atoms with E-state index in [-0.39, 0.29) is 11.9 Å². The van der Waals surface area contributed by atoms with Crippen molar-refractivity contribution in [3.05, 3.63) is 34.3 Å². The molecule has 2 aliphatic rings. The molecule has 2 aromatic rings. The van der Waals surface area contributed by atoms with Gasteiger partial charge in [0.1, 0.15) is 11.0 Å². The summed E-state index contributed by atoms with van der Waals surface area (Å²) >= 11 is 7.46. The third-order valence-electron chi connectivity index (χ3n) is 5.07. The molecule has 1 saturated heterocycles. The van der Waals surface area contributed by atoms with Crippen LogP contribution in [0.25, 0.3) is 0 Å². The van der Waals surface area contributed by atoms with Crippen molar-refractivity contribution >= 4 is 45.7 Å². The first-order valence-electron chi connectivity index (χ1n) is 9.70. The SMILES string of the molecule is C[C@H](NC(=O)N1CCN(c2cccc(Cl)c2)CC1)C(=O)Nc1nnc(C2CC2)s1. The summed E-state index contributed by atoms with van der Waals surface area (Å²) in [5, 5.41) is 15.8. The molecule has 1 aromatic heterocycles. The van der Waals surface area contributed by atoms with Crippen LogP contribution < -0.4 is 15.5 Å². The number of benzene rings is 1. The van der Waals surface area contributed by atoms with Gasteiger partial charge in [-0.25, -0.2) is 4.79 Å². The number of piperazine rings is 1. The highest BCUT2D eigenvalue weighted by Crippen LogP contribution is 2.42. The maximum absolute atomic E-state index is 12.5. The zero-order valence-corrected chi connectivity index (χ0v) is 17.7. The maximum Gasteiger partial charge on any atom is 0.318 e. The highest BCUT2D eigenvalue weighted by molar-refractivity contribution is 7.15. The van der Waals surface area contributed by atoms with Crippen LogP contribution in [0, 0.1) is 0 Å². The molecule has 10 heteroatoms. The average molecular weight is 435 g/mol. The van der Waals surface area contributed by atoms with Crippen LogP contribution in [-0.2, 0) is 4.79 Å². The first kappa shape index (κ1) is 19.9. The zero-order valence-electron chi connectivity index (χ0n) is 16.1. The molecular formula is C19H23ClN6O2S. The lowest BCUT2D eigenvalue weighted by Gasteiger charge is -2.36. The van der Waals surface area contributed by atoms with E-state index in [1.54, 1.807) is 11.8 Å². The number of amides is 3. The van der Waals surface area contributed by atoms with Crippen molar-refractivity contribution in [2.24, 2.45) is 0 Å². The highest BCUT2D eigenvalue weighted by Gasteiger charge is 2.28. The molecule has 2 N–H and O–H groups in total. The van der Waals surface area contributed by atoms with Crippen LogP contribution in [0.2, 0.25) is 5.02 Å². The lowest BCUT2D eigenvalue weighted by Crippen LogP contribution is -2.54. The van der Waals surface area contributed by atoms with Gasteiger partial charge >= 0.3 is 6.03 Å². The van der Waals surface area contributed by atoms with E-state index in [4.69, 9.17) is 11.6 Å². The molecule has 0 unspecified atom stereocenters. The van der Waals surface area contributed by atoms with Gasteiger partial charge in [-0.3, -0.25) is 10.1 Å². The van der Waals surface area contributed by atoms with Crippen molar-refractivity contribution in [1.82, 2.24) is 20.4 Å². The Labute approximate surface area is 178 Å². The Morgan fingerprint density at radius 3 is 2.66 bits per heavy atom. The molecule has 4 rings (SSSR count). The summed E-state index contributed by atoms with van der Waals surface area (Å²) < 4.78 is 0. The summed E-state index contributed by atoms with van der Waals surface area (Å²) in [4.78, 5) is 28.8. The van der Waals surface area contributed by atoms with Gasteiger partial charge < -0.3 is 15.1 Å². The molecule has 1 aliphatic carbocycles. The Balaban J connectivity index is 1.24. The van der Waals surface area contributed by atoms with E-state index in [2.05, 4.69) is 25.7 Å². The molecule has 8 nitrogen and oxygen atoms in total. The lowest BCUT2D eigenvalue weighted by atomic mass is 10.2. The van der Waals surface area contributed by atoms with Gasteiger partial charge in [0.25, 0.3) is 0 Å². The minimum absolute atomic E-state index is 0.241. The summed E-state index contributed by atoms with van der Waals surface area (Å²) in [5.74, 6) is 0.204. The summed E-state index contributed by atoms with van der Waals surface area (Å²) in [6.07, 6.45) is 2.28. The normalized spacial score (nSPS) is 17.7. The first-order valence-corrected chi connectivity index (χ1v) is 10.9. The smallest absolute Gasteiger partial charge is 0.318 e. The number of hydrogen-bond acceptors (Lipinski definition) is 6. The van der Waals surface area contributed by atoms with Gasteiger partial charge in [0.2, 0.25) is 11.0 Å². The lowest BCUT2D eigenvalue weighted by molar-refractivity contribution is -0.117. The third kappa shape index (κ3) is 4.97. The number of nitrogens with zero attached hydrogens (tertiary/aromatic N) is 4. The van der Waals surface area contributed by atoms with Gasteiger partial charge in [-0.1, -0.05) is 29.0 Å². The van der Waals surface area contributed by atoms with Gasteiger partial charge in [0, 0.05) is 42.8 Å². The molecule has 154 valence electrons. The van der Waals surface area contributed by atoms with E-state index in [0.717, 1.165) is 23.5 Å². The Kier molecular flexibility index (Phi) is 5.86. The van der Waals surface area contributed by atoms with Gasteiger partial charge in [-0.05, 0) is 38.0 Å². The van der Waals surface area contributed by atoms with Crippen LogP contribution in [0.1, 0.15) is 30.7 Å². The van der Waals surface area contributed by atoms with Crippen LogP contribution in [0.3, 0.4) is 0 Å². The molecule has 0 radical (unpaired) electrons. The van der Waals surface area contributed by atoms with Crippen molar-refractivity contribution in [3.63, 3.8) is 0 Å². The number of carbonyl (C=O) groups is 2. The summed E-state index contributed by atoms with van der Waals surface area (Å²) in [5.41, 5.74) is 1.05. The number of rotatable bonds is 5. The van der Waals surface area contributed by atoms with Gasteiger partial charge in [-0.2, -0.15) is 0 Å². The van der Waals surface area contributed by atoms with Gasteiger partial charge in [0.05, 0.1) is 0 Å². The molecule has 2 heterocycles. The van der Waals surface area contributed by atoms with E-state index in [0.29, 0.717) is 42.3 Å². The first-order chi connectivity index (χ1) is 14.0. The summed E-state index contributed by atoms with van der Waals surface area (Å²) in [6, 6.07) is 6.79. The Hall–Kier alpha value is -2.39. The Morgan fingerprint density at radius 1 is 1.21 bits per heavy atom. The molecule has 1 aliphatic heterocycles. The second-order valence-corrected chi connectivity index (χ2v) is 8.78. The maximum atomic E-state index is 12.5. The zero-order chi connectivity index (χ0) is 20.4. The van der Waals surface area contributed by atoms with Crippen LogP contribution in [0.4, 0.5) is 15.6 Å². The van der Waals surface area contributed by atoms with Gasteiger partial charge in [0.15, 0.2) is 0 Å². The molecule has 0 spiro atoms. The third-order valence-corrected chi connectivity index (χ3v) is 6.31. The largest absolute Gasteiger partial charge is 0.368 e. The molecule has 1 atom stereocenters. The molecule has 1 aromatic carbocycles. The molecule has 0 bridgehead atoms. The predicted molar refractivity (Wildman–Crippen MR) is 114 cm³/mol. The fourth-order valence-corrected chi connectivity index (χ4v) is 4.28. The quantitative estimate of drug-likeness (QED) is 0.755. The second-order valence-electron chi connectivity index (χ2n) is 7.33. The topological polar surface area (TPSA) is 90.5 Å². The number of anilines is 2. The number of nitrogens with one attached hydrogen (secondary N) is 2. The predicted octanol–water partition coefficient (Wildman–Crippen LogP) is 2.93. The standard InChI is InChI=1S/C19H23ClN6O2S/c1-12(16(27)22-18-24-23-17(29-18)13-5-6-13)21-19(28)26-9-7-25(8-10-26)15-4-2-3-14(20)11-15/h2-4,11-13H,5-10H2,1H3,(H,21,28)(H,22,24,27)/t12-/m0/s1. The minimum atomic E-state index is -0.665. The number of urea groups is 1. The molecular weight excluding hydrogens is 412 g/mol. The monoisotopic (exact) mass is 434 g/mol. The van der Waals surface area contributed by atoms with E-state index in [9.17, 15) is 9.59 Å². The van der Waals surface area contributed by atoms with E-state index in [1.807, 2.05) is 24.3 Å². The second kappa shape index (κ2) is 8.54. The van der Waals surface area contributed by atoms with Crippen molar-refractivity contribution in [2.45, 2.75) is 31.7 Å². The fraction of sp³-hybridized carbons (Fsp3) is 0.474. The number of hydrogen-bond donors (Lipinski definition) is 2. The van der Waals surface area contributed by atoms with E-state index < -0.39 is 6.04 Å².